The summed E-state index contributed by atoms with van der Waals surface area (Å²) in [7, 11) is 0. The largest absolute Gasteiger partial charge is 0.347 e. The van der Waals surface area contributed by atoms with E-state index in [-0.39, 0.29) is 11.9 Å². The zero-order valence-corrected chi connectivity index (χ0v) is 13.4. The van der Waals surface area contributed by atoms with Crippen LogP contribution in [0.3, 0.4) is 0 Å². The third kappa shape index (κ3) is 3.89. The maximum Gasteiger partial charge on any atom is 0.225 e. The molecule has 0 aromatic carbocycles. The molecule has 21 heavy (non-hydrogen) atoms. The van der Waals surface area contributed by atoms with Crippen molar-refractivity contribution in [3.05, 3.63) is 29.3 Å². The van der Waals surface area contributed by atoms with Crippen molar-refractivity contribution in [1.29, 1.82) is 0 Å². The van der Waals surface area contributed by atoms with Crippen LogP contribution in [0, 0.1) is 0 Å². The Morgan fingerprint density at radius 1 is 1.52 bits per heavy atom. The van der Waals surface area contributed by atoms with Crippen LogP contribution in [-0.4, -0.2) is 27.4 Å². The van der Waals surface area contributed by atoms with Gasteiger partial charge in [-0.1, -0.05) is 6.92 Å². The Labute approximate surface area is 128 Å². The molecule has 2 heterocycles. The lowest BCUT2D eigenvalue weighted by atomic mass is 10.2. The van der Waals surface area contributed by atoms with Crippen LogP contribution in [0.15, 0.2) is 17.8 Å². The zero-order valence-electron chi connectivity index (χ0n) is 12.6. The SMILES string of the molecule is CCC(NCc1csc(N(CC)C(C)=O)n1)c1ncc[nH]1. The lowest BCUT2D eigenvalue weighted by Crippen LogP contribution is -2.28. The van der Waals surface area contributed by atoms with Crippen molar-refractivity contribution in [2.75, 3.05) is 11.4 Å². The summed E-state index contributed by atoms with van der Waals surface area (Å²) in [4.78, 5) is 25.1. The lowest BCUT2D eigenvalue weighted by molar-refractivity contribution is -0.116. The summed E-state index contributed by atoms with van der Waals surface area (Å²) in [5, 5.41) is 6.18. The van der Waals surface area contributed by atoms with Crippen molar-refractivity contribution in [3.8, 4) is 0 Å². The highest BCUT2D eigenvalue weighted by atomic mass is 32.1. The highest BCUT2D eigenvalue weighted by molar-refractivity contribution is 7.14. The van der Waals surface area contributed by atoms with E-state index in [0.717, 1.165) is 23.1 Å². The highest BCUT2D eigenvalue weighted by Crippen LogP contribution is 2.21. The van der Waals surface area contributed by atoms with Crippen molar-refractivity contribution >= 4 is 22.4 Å². The summed E-state index contributed by atoms with van der Waals surface area (Å²) in [6, 6.07) is 0.181. The highest BCUT2D eigenvalue weighted by Gasteiger charge is 2.15. The Morgan fingerprint density at radius 2 is 2.33 bits per heavy atom. The number of aromatic amines is 1. The Morgan fingerprint density at radius 3 is 2.90 bits per heavy atom. The summed E-state index contributed by atoms with van der Waals surface area (Å²) in [6.45, 7) is 6.92. The number of aromatic nitrogens is 3. The Hall–Kier alpha value is -1.73. The van der Waals surface area contributed by atoms with Gasteiger partial charge < -0.3 is 10.3 Å². The molecule has 0 bridgehead atoms. The molecule has 0 fully saturated rings. The van der Waals surface area contributed by atoms with Gasteiger partial charge in [0.25, 0.3) is 0 Å². The molecule has 2 rings (SSSR count). The fourth-order valence-electron chi connectivity index (χ4n) is 2.12. The molecule has 0 spiro atoms. The van der Waals surface area contributed by atoms with Crippen LogP contribution >= 0.6 is 11.3 Å². The van der Waals surface area contributed by atoms with E-state index in [1.54, 1.807) is 18.0 Å². The van der Waals surface area contributed by atoms with Crippen LogP contribution in [-0.2, 0) is 11.3 Å². The molecule has 0 saturated carbocycles. The number of thiazole rings is 1. The van der Waals surface area contributed by atoms with Crippen molar-refractivity contribution < 1.29 is 4.79 Å². The van der Waals surface area contributed by atoms with E-state index in [1.807, 2.05) is 18.5 Å². The average molecular weight is 307 g/mol. The molecule has 0 saturated heterocycles. The molecule has 114 valence electrons. The zero-order chi connectivity index (χ0) is 15.2. The molecule has 1 amide bonds. The smallest absolute Gasteiger partial charge is 0.225 e. The van der Waals surface area contributed by atoms with Gasteiger partial charge in [-0.05, 0) is 13.3 Å². The third-order valence-electron chi connectivity index (χ3n) is 3.25. The maximum absolute atomic E-state index is 11.5. The summed E-state index contributed by atoms with van der Waals surface area (Å²) in [5.74, 6) is 0.959. The maximum atomic E-state index is 11.5. The first-order valence-electron chi connectivity index (χ1n) is 7.10. The second-order valence-corrected chi connectivity index (χ2v) is 5.54. The molecule has 7 heteroatoms. The summed E-state index contributed by atoms with van der Waals surface area (Å²) >= 11 is 1.50. The van der Waals surface area contributed by atoms with Crippen LogP contribution in [0.5, 0.6) is 0 Å². The molecule has 6 nitrogen and oxygen atoms in total. The van der Waals surface area contributed by atoms with Crippen LogP contribution < -0.4 is 10.2 Å². The van der Waals surface area contributed by atoms with Gasteiger partial charge in [-0.3, -0.25) is 9.69 Å². The predicted molar refractivity (Wildman–Crippen MR) is 84.3 cm³/mol. The molecule has 2 aromatic rings. The second-order valence-electron chi connectivity index (χ2n) is 4.70. The molecule has 2 aromatic heterocycles. The third-order valence-corrected chi connectivity index (χ3v) is 4.17. The Kier molecular flexibility index (Phi) is 5.46. The number of anilines is 1. The van der Waals surface area contributed by atoms with Crippen LogP contribution in [0.1, 0.15) is 44.8 Å². The van der Waals surface area contributed by atoms with Crippen LogP contribution in [0.2, 0.25) is 0 Å². The van der Waals surface area contributed by atoms with Gasteiger partial charge in [0.2, 0.25) is 5.91 Å². The number of carbonyl (C=O) groups is 1. The number of imidazole rings is 1. The second kappa shape index (κ2) is 7.33. The number of carbonyl (C=O) groups excluding carboxylic acids is 1. The molecule has 0 aliphatic rings. The van der Waals surface area contributed by atoms with Crippen molar-refractivity contribution in [2.45, 2.75) is 39.8 Å². The van der Waals surface area contributed by atoms with Crippen molar-refractivity contribution in [3.63, 3.8) is 0 Å². The van der Waals surface area contributed by atoms with Gasteiger partial charge in [0.1, 0.15) is 5.82 Å². The summed E-state index contributed by atoms with van der Waals surface area (Å²) < 4.78 is 0. The first kappa shape index (κ1) is 15.7. The van der Waals surface area contributed by atoms with E-state index in [0.29, 0.717) is 13.1 Å². The van der Waals surface area contributed by atoms with E-state index < -0.39 is 0 Å². The monoisotopic (exact) mass is 307 g/mol. The number of rotatable bonds is 7. The number of nitrogens with zero attached hydrogens (tertiary/aromatic N) is 3. The van der Waals surface area contributed by atoms with E-state index in [2.05, 4.69) is 27.2 Å². The van der Waals surface area contributed by atoms with Gasteiger partial charge in [0.05, 0.1) is 11.7 Å². The fraction of sp³-hybridized carbons (Fsp3) is 0.500. The fourth-order valence-corrected chi connectivity index (χ4v) is 3.06. The predicted octanol–water partition coefficient (Wildman–Crippen LogP) is 2.48. The van der Waals surface area contributed by atoms with Crippen molar-refractivity contribution in [2.24, 2.45) is 0 Å². The molecule has 1 atom stereocenters. The number of nitrogens with one attached hydrogen (secondary N) is 2. The minimum atomic E-state index is 0.0216. The van der Waals surface area contributed by atoms with Gasteiger partial charge in [-0.25, -0.2) is 9.97 Å². The molecule has 2 N–H and O–H groups in total. The number of amides is 1. The van der Waals surface area contributed by atoms with Gasteiger partial charge in [0, 0.05) is 37.8 Å². The standard InChI is InChI=1S/C14H21N5OS/c1-4-12(13-15-6-7-16-13)17-8-11-9-21-14(18-11)19(5-2)10(3)20/h6-7,9,12,17H,4-5,8H2,1-3H3,(H,15,16). The number of hydrogen-bond acceptors (Lipinski definition) is 5. The molecule has 0 aliphatic carbocycles. The topological polar surface area (TPSA) is 73.9 Å². The minimum Gasteiger partial charge on any atom is -0.347 e. The van der Waals surface area contributed by atoms with E-state index in [4.69, 9.17) is 0 Å². The lowest BCUT2D eigenvalue weighted by Gasteiger charge is -2.15. The quantitative estimate of drug-likeness (QED) is 0.824. The molecule has 0 radical (unpaired) electrons. The van der Waals surface area contributed by atoms with Gasteiger partial charge in [-0.15, -0.1) is 11.3 Å². The molecule has 0 aliphatic heterocycles. The molecular formula is C14H21N5OS. The molecular weight excluding hydrogens is 286 g/mol. The van der Waals surface area contributed by atoms with Crippen LogP contribution in [0.25, 0.3) is 0 Å². The first-order chi connectivity index (χ1) is 10.2. The Bertz CT molecular complexity index is 566. The number of hydrogen-bond donors (Lipinski definition) is 2. The molecule has 1 unspecified atom stereocenters. The first-order valence-corrected chi connectivity index (χ1v) is 7.98. The average Bonchev–Trinajstić information content (AvgIpc) is 3.12. The van der Waals surface area contributed by atoms with Gasteiger partial charge in [-0.2, -0.15) is 0 Å². The van der Waals surface area contributed by atoms with Crippen molar-refractivity contribution in [1.82, 2.24) is 20.3 Å². The number of H-pyrrole nitrogens is 1. The van der Waals surface area contributed by atoms with E-state index in [1.165, 1.54) is 11.3 Å². The normalized spacial score (nSPS) is 12.3. The van der Waals surface area contributed by atoms with Gasteiger partial charge in [0.15, 0.2) is 5.13 Å². The van der Waals surface area contributed by atoms with Gasteiger partial charge >= 0.3 is 0 Å². The Balaban J connectivity index is 1.98. The van der Waals surface area contributed by atoms with Crippen LogP contribution in [0.4, 0.5) is 5.13 Å². The summed E-state index contributed by atoms with van der Waals surface area (Å²) in [5.41, 5.74) is 0.944. The van der Waals surface area contributed by atoms with E-state index in [9.17, 15) is 4.79 Å². The van der Waals surface area contributed by atoms with E-state index >= 15 is 0 Å². The minimum absolute atomic E-state index is 0.0216. The summed E-state index contributed by atoms with van der Waals surface area (Å²) in [6.07, 6.45) is 4.53.